The van der Waals surface area contributed by atoms with E-state index in [1.54, 1.807) is 23.9 Å². The van der Waals surface area contributed by atoms with Crippen LogP contribution in [-0.2, 0) is 4.79 Å². The van der Waals surface area contributed by atoms with Crippen molar-refractivity contribution in [2.24, 2.45) is 0 Å². The van der Waals surface area contributed by atoms with Crippen LogP contribution in [0.1, 0.15) is 49.4 Å². The van der Waals surface area contributed by atoms with Crippen LogP contribution >= 0.6 is 11.8 Å². The second-order valence-corrected chi connectivity index (χ2v) is 5.99. The van der Waals surface area contributed by atoms with E-state index in [9.17, 15) is 9.59 Å². The van der Waals surface area contributed by atoms with Gasteiger partial charge in [0.25, 0.3) is 0 Å². The molecule has 0 aliphatic carbocycles. The van der Waals surface area contributed by atoms with Crippen molar-refractivity contribution in [1.29, 1.82) is 0 Å². The highest BCUT2D eigenvalue weighted by Gasteiger charge is 2.03. The molecule has 0 amide bonds. The molecule has 0 heterocycles. The van der Waals surface area contributed by atoms with Gasteiger partial charge in [-0.1, -0.05) is 32.6 Å². The minimum absolute atomic E-state index is 0.284. The van der Waals surface area contributed by atoms with Crippen molar-refractivity contribution in [3.8, 4) is 0 Å². The summed E-state index contributed by atoms with van der Waals surface area (Å²) in [4.78, 5) is 23.2. The molecule has 1 N–H and O–H groups in total. The standard InChI is InChI=1S/C17H22O3S/c1-2-3-4-5-6-13-21-15-9-7-14(8-10-15)16(18)11-12-17(19)20/h7-12H,2-6,13H2,1H3,(H,19,20)/b12-11+. The van der Waals surface area contributed by atoms with Crippen LogP contribution < -0.4 is 0 Å². The summed E-state index contributed by atoms with van der Waals surface area (Å²) in [7, 11) is 0. The van der Waals surface area contributed by atoms with Crippen molar-refractivity contribution >= 4 is 23.5 Å². The SMILES string of the molecule is CCCCCCCSc1ccc(C(=O)/C=C/C(=O)O)cc1. The van der Waals surface area contributed by atoms with Gasteiger partial charge in [-0.05, 0) is 42.5 Å². The Kier molecular flexibility index (Phi) is 8.51. The van der Waals surface area contributed by atoms with Crippen molar-refractivity contribution in [2.45, 2.75) is 43.9 Å². The predicted molar refractivity (Wildman–Crippen MR) is 87.0 cm³/mol. The number of ketones is 1. The van der Waals surface area contributed by atoms with Crippen LogP contribution in [0.25, 0.3) is 0 Å². The summed E-state index contributed by atoms with van der Waals surface area (Å²) in [6.45, 7) is 2.21. The molecule has 0 aliphatic heterocycles. The minimum Gasteiger partial charge on any atom is -0.478 e. The third-order valence-electron chi connectivity index (χ3n) is 3.03. The number of carboxylic acids is 1. The molecule has 1 aromatic carbocycles. The molecule has 0 unspecified atom stereocenters. The summed E-state index contributed by atoms with van der Waals surface area (Å²) in [6.07, 6.45) is 8.31. The molecule has 0 aromatic heterocycles. The van der Waals surface area contributed by atoms with E-state index in [1.165, 1.54) is 32.1 Å². The first-order valence-corrected chi connectivity index (χ1v) is 8.30. The van der Waals surface area contributed by atoms with Gasteiger partial charge in [0, 0.05) is 16.5 Å². The summed E-state index contributed by atoms with van der Waals surface area (Å²) in [5.74, 6) is -0.303. The Balaban J connectivity index is 2.36. The lowest BCUT2D eigenvalue weighted by Gasteiger charge is -2.03. The zero-order chi connectivity index (χ0) is 15.5. The second kappa shape index (κ2) is 10.2. The summed E-state index contributed by atoms with van der Waals surface area (Å²) in [5, 5.41) is 8.49. The van der Waals surface area contributed by atoms with E-state index in [-0.39, 0.29) is 5.78 Å². The first-order chi connectivity index (χ1) is 10.1. The number of allylic oxidation sites excluding steroid dienone is 1. The first-order valence-electron chi connectivity index (χ1n) is 7.31. The van der Waals surface area contributed by atoms with Crippen LogP contribution in [0, 0.1) is 0 Å². The molecule has 3 nitrogen and oxygen atoms in total. The highest BCUT2D eigenvalue weighted by molar-refractivity contribution is 7.99. The predicted octanol–water partition coefficient (Wildman–Crippen LogP) is 4.57. The molecule has 114 valence electrons. The maximum absolute atomic E-state index is 11.7. The third kappa shape index (κ3) is 7.71. The van der Waals surface area contributed by atoms with E-state index < -0.39 is 5.97 Å². The Labute approximate surface area is 130 Å². The lowest BCUT2D eigenvalue weighted by Crippen LogP contribution is -1.96. The van der Waals surface area contributed by atoms with Gasteiger partial charge in [-0.2, -0.15) is 0 Å². The molecule has 0 saturated heterocycles. The second-order valence-electron chi connectivity index (χ2n) is 4.82. The van der Waals surface area contributed by atoms with E-state index in [2.05, 4.69) is 6.92 Å². The van der Waals surface area contributed by atoms with Crippen molar-refractivity contribution in [3.63, 3.8) is 0 Å². The first kappa shape index (κ1) is 17.5. The summed E-state index contributed by atoms with van der Waals surface area (Å²) >= 11 is 1.79. The van der Waals surface area contributed by atoms with Crippen LogP contribution in [-0.4, -0.2) is 22.6 Å². The van der Waals surface area contributed by atoms with Gasteiger partial charge in [-0.15, -0.1) is 11.8 Å². The summed E-state index contributed by atoms with van der Waals surface area (Å²) in [5.41, 5.74) is 0.514. The molecule has 1 rings (SSSR count). The zero-order valence-corrected chi connectivity index (χ0v) is 13.2. The number of carbonyl (C=O) groups excluding carboxylic acids is 1. The molecule has 0 saturated carbocycles. The van der Waals surface area contributed by atoms with Crippen LogP contribution in [0.4, 0.5) is 0 Å². The number of hydrogen-bond donors (Lipinski definition) is 1. The van der Waals surface area contributed by atoms with Gasteiger partial charge < -0.3 is 5.11 Å². The molecule has 21 heavy (non-hydrogen) atoms. The average molecular weight is 306 g/mol. The Hall–Kier alpha value is -1.55. The maximum Gasteiger partial charge on any atom is 0.328 e. The lowest BCUT2D eigenvalue weighted by molar-refractivity contribution is -0.131. The third-order valence-corrected chi connectivity index (χ3v) is 4.13. The number of carboxylic acid groups (broad SMARTS) is 1. The Morgan fingerprint density at radius 1 is 1.05 bits per heavy atom. The largest absolute Gasteiger partial charge is 0.478 e. The Bertz CT molecular complexity index is 477. The molecule has 0 fully saturated rings. The van der Waals surface area contributed by atoms with E-state index in [0.29, 0.717) is 5.56 Å². The number of thioether (sulfide) groups is 1. The number of hydrogen-bond acceptors (Lipinski definition) is 3. The van der Waals surface area contributed by atoms with Gasteiger partial charge in [0.05, 0.1) is 0 Å². The molecular formula is C17H22O3S. The van der Waals surface area contributed by atoms with Gasteiger partial charge in [0.2, 0.25) is 0 Å². The number of carbonyl (C=O) groups is 2. The van der Waals surface area contributed by atoms with Gasteiger partial charge in [-0.3, -0.25) is 4.79 Å². The monoisotopic (exact) mass is 306 g/mol. The van der Waals surface area contributed by atoms with Crippen LogP contribution in [0.2, 0.25) is 0 Å². The fraction of sp³-hybridized carbons (Fsp3) is 0.412. The van der Waals surface area contributed by atoms with Gasteiger partial charge >= 0.3 is 5.97 Å². The van der Waals surface area contributed by atoms with Gasteiger partial charge in [0.15, 0.2) is 5.78 Å². The van der Waals surface area contributed by atoms with E-state index in [4.69, 9.17) is 5.11 Å². The van der Waals surface area contributed by atoms with Crippen molar-refractivity contribution < 1.29 is 14.7 Å². The number of unbranched alkanes of at least 4 members (excludes halogenated alkanes) is 4. The fourth-order valence-electron chi connectivity index (χ4n) is 1.85. The molecule has 4 heteroatoms. The van der Waals surface area contributed by atoms with Crippen molar-refractivity contribution in [3.05, 3.63) is 42.0 Å². The topological polar surface area (TPSA) is 54.4 Å². The number of aliphatic carboxylic acids is 1. The van der Waals surface area contributed by atoms with Gasteiger partial charge in [0.1, 0.15) is 0 Å². The van der Waals surface area contributed by atoms with Crippen molar-refractivity contribution in [1.82, 2.24) is 0 Å². The minimum atomic E-state index is -1.11. The molecular weight excluding hydrogens is 284 g/mol. The molecule has 1 aromatic rings. The maximum atomic E-state index is 11.7. The van der Waals surface area contributed by atoms with Crippen LogP contribution in [0.15, 0.2) is 41.3 Å². The van der Waals surface area contributed by atoms with Crippen molar-refractivity contribution in [2.75, 3.05) is 5.75 Å². The lowest BCUT2D eigenvalue weighted by atomic mass is 10.1. The molecule has 0 radical (unpaired) electrons. The van der Waals surface area contributed by atoms with E-state index in [0.717, 1.165) is 22.8 Å². The van der Waals surface area contributed by atoms with Crippen LogP contribution in [0.3, 0.4) is 0 Å². The highest BCUT2D eigenvalue weighted by atomic mass is 32.2. The van der Waals surface area contributed by atoms with E-state index in [1.807, 2.05) is 12.1 Å². The van der Waals surface area contributed by atoms with E-state index >= 15 is 0 Å². The number of benzene rings is 1. The zero-order valence-electron chi connectivity index (χ0n) is 12.4. The molecule has 0 aliphatic rings. The molecule has 0 bridgehead atoms. The molecule has 0 spiro atoms. The highest BCUT2D eigenvalue weighted by Crippen LogP contribution is 2.20. The quantitative estimate of drug-likeness (QED) is 0.298. The van der Waals surface area contributed by atoms with Crippen LogP contribution in [0.5, 0.6) is 0 Å². The fourth-order valence-corrected chi connectivity index (χ4v) is 2.77. The van der Waals surface area contributed by atoms with Gasteiger partial charge in [-0.25, -0.2) is 4.79 Å². The number of rotatable bonds is 10. The normalized spacial score (nSPS) is 10.9. The average Bonchev–Trinajstić information content (AvgIpc) is 2.49. The Morgan fingerprint density at radius 3 is 2.33 bits per heavy atom. The Morgan fingerprint density at radius 2 is 1.71 bits per heavy atom. The summed E-state index contributed by atoms with van der Waals surface area (Å²) in [6, 6.07) is 7.32. The summed E-state index contributed by atoms with van der Waals surface area (Å²) < 4.78 is 0. The molecule has 0 atom stereocenters. The smallest absolute Gasteiger partial charge is 0.328 e.